The van der Waals surface area contributed by atoms with Gasteiger partial charge < -0.3 is 4.74 Å². The van der Waals surface area contributed by atoms with Gasteiger partial charge in [-0.15, -0.1) is 0 Å². The molecule has 0 spiro atoms. The first-order valence-corrected chi connectivity index (χ1v) is 10.0. The number of hydrogen-bond acceptors (Lipinski definition) is 4. The zero-order valence-corrected chi connectivity index (χ0v) is 19.1. The lowest BCUT2D eigenvalue weighted by atomic mass is 10.3. The number of alkyl halides is 13. The summed E-state index contributed by atoms with van der Waals surface area (Å²) in [6, 6.07) is 0. The molecule has 0 aliphatic heterocycles. The molecule has 19 heteroatoms. The maximum Gasteiger partial charge on any atom is 0.451 e. The molecule has 0 saturated heterocycles. The van der Waals surface area contributed by atoms with Crippen LogP contribution in [0.3, 0.4) is 0 Å². The monoisotopic (exact) mass is 566 g/mol. The Hall–Kier alpha value is -1.08. The molecule has 1 N–H and O–H groups in total. The molecule has 0 heterocycles. The van der Waals surface area contributed by atoms with E-state index < -0.39 is 67.5 Å². The fourth-order valence-electron chi connectivity index (χ4n) is 0.818. The van der Waals surface area contributed by atoms with Crippen molar-refractivity contribution in [2.24, 2.45) is 5.92 Å². The quantitative estimate of drug-likeness (QED) is 0.272. The van der Waals surface area contributed by atoms with Crippen molar-refractivity contribution in [3.63, 3.8) is 0 Å². The van der Waals surface area contributed by atoms with E-state index in [1.54, 1.807) is 0 Å². The first kappa shape index (κ1) is 43.0. The van der Waals surface area contributed by atoms with E-state index in [0.717, 1.165) is 0 Å². The van der Waals surface area contributed by atoms with E-state index in [2.05, 4.69) is 9.47 Å². The summed E-state index contributed by atoms with van der Waals surface area (Å²) >= 11 is 0. The van der Waals surface area contributed by atoms with E-state index in [0.29, 0.717) is 0 Å². The van der Waals surface area contributed by atoms with E-state index in [9.17, 15) is 65.5 Å². The molecule has 34 heavy (non-hydrogen) atoms. The lowest BCUT2D eigenvalue weighted by Gasteiger charge is -2.30. The van der Waals surface area contributed by atoms with Crippen LogP contribution in [0.4, 0.5) is 57.1 Å². The summed E-state index contributed by atoms with van der Waals surface area (Å²) in [6.45, 7) is -1.21. The van der Waals surface area contributed by atoms with Crippen molar-refractivity contribution in [1.82, 2.24) is 0 Å². The minimum atomic E-state index is -6.05. The largest absolute Gasteiger partial charge is 0.451 e. The zero-order valence-electron chi connectivity index (χ0n) is 18.3. The van der Waals surface area contributed by atoms with Gasteiger partial charge in [-0.25, -0.2) is 26.3 Å². The van der Waals surface area contributed by atoms with Crippen LogP contribution < -0.4 is 0 Å². The van der Waals surface area contributed by atoms with Crippen LogP contribution in [0, 0.1) is 5.92 Å². The van der Waals surface area contributed by atoms with Gasteiger partial charge in [-0.3, -0.25) is 13.7 Å². The van der Waals surface area contributed by atoms with Crippen molar-refractivity contribution < 1.29 is 79.5 Å². The van der Waals surface area contributed by atoms with E-state index >= 15 is 0 Å². The standard InChI is InChI=1S/C6H7F7O5S.C4H9F.C3H7F.2CH2F2/c7-3-17-1-4(8,6(11,12)13)18-5(9,10)2-19(14,15)16;1-4(2)3-5;1-3(2)4;2*2-1-3/h1-3H2,(H,14,15,16);4H,3H2,1-2H3;3H,1-2H3;2*1H2. The molecule has 0 radical (unpaired) electrons. The Morgan fingerprint density at radius 2 is 1.12 bits per heavy atom. The highest BCUT2D eigenvalue weighted by Crippen LogP contribution is 2.39. The van der Waals surface area contributed by atoms with E-state index in [-0.39, 0.29) is 12.6 Å². The van der Waals surface area contributed by atoms with Gasteiger partial charge in [-0.1, -0.05) is 13.8 Å². The predicted molar refractivity (Wildman–Crippen MR) is 95.5 cm³/mol. The van der Waals surface area contributed by atoms with Crippen LogP contribution in [0.25, 0.3) is 0 Å². The second kappa shape index (κ2) is 22.4. The van der Waals surface area contributed by atoms with Gasteiger partial charge in [0.15, 0.2) is 12.6 Å². The fraction of sp³-hybridized carbons (Fsp3) is 1.00. The number of ether oxygens (including phenoxy) is 2. The predicted octanol–water partition coefficient (Wildman–Crippen LogP) is 6.40. The van der Waals surface area contributed by atoms with Crippen molar-refractivity contribution in [2.45, 2.75) is 52.0 Å². The molecule has 214 valence electrons. The average Bonchev–Trinajstić information content (AvgIpc) is 2.57. The van der Waals surface area contributed by atoms with Crippen molar-refractivity contribution >= 4 is 10.1 Å². The van der Waals surface area contributed by atoms with E-state index in [1.165, 1.54) is 13.8 Å². The normalized spacial score (nSPS) is 13.2. The lowest BCUT2D eigenvalue weighted by molar-refractivity contribution is -0.414. The Morgan fingerprint density at radius 1 is 0.824 bits per heavy atom. The van der Waals surface area contributed by atoms with Crippen molar-refractivity contribution in [3.8, 4) is 0 Å². The molecule has 0 rings (SSSR count). The molecule has 1 atom stereocenters. The van der Waals surface area contributed by atoms with Crippen LogP contribution >= 0.6 is 0 Å². The molecular formula is C15H27F13O5S. The molecule has 0 amide bonds. The van der Waals surface area contributed by atoms with Gasteiger partial charge in [0.25, 0.3) is 10.1 Å². The molecule has 0 aromatic heterocycles. The summed E-state index contributed by atoms with van der Waals surface area (Å²) in [4.78, 5) is 0. The summed E-state index contributed by atoms with van der Waals surface area (Å²) < 4.78 is 181. The second-order valence-electron chi connectivity index (χ2n) is 5.91. The first-order chi connectivity index (χ1) is 15.1. The van der Waals surface area contributed by atoms with Crippen molar-refractivity contribution in [1.29, 1.82) is 0 Å². The van der Waals surface area contributed by atoms with Crippen LogP contribution in [0.1, 0.15) is 27.7 Å². The van der Waals surface area contributed by atoms with E-state index in [1.807, 2.05) is 13.8 Å². The molecule has 0 saturated carbocycles. The Labute approximate surface area is 188 Å². The topological polar surface area (TPSA) is 72.8 Å². The van der Waals surface area contributed by atoms with Crippen LogP contribution in [-0.2, 0) is 19.6 Å². The number of halogens is 13. The van der Waals surface area contributed by atoms with Crippen molar-refractivity contribution in [3.05, 3.63) is 0 Å². The van der Waals surface area contributed by atoms with Crippen LogP contribution in [0.2, 0.25) is 0 Å². The number of hydrogen-bond donors (Lipinski definition) is 1. The summed E-state index contributed by atoms with van der Waals surface area (Å²) in [5.74, 6) is -7.54. The minimum absolute atomic E-state index is 0.194. The molecule has 0 fully saturated rings. The third-order valence-electron chi connectivity index (χ3n) is 1.76. The van der Waals surface area contributed by atoms with Gasteiger partial charge in [0.2, 0.25) is 13.9 Å². The van der Waals surface area contributed by atoms with Crippen LogP contribution in [0.15, 0.2) is 0 Å². The van der Waals surface area contributed by atoms with Gasteiger partial charge >= 0.3 is 18.1 Å². The third kappa shape index (κ3) is 38.2. The molecule has 1 unspecified atom stereocenters. The summed E-state index contributed by atoms with van der Waals surface area (Å²) in [6.07, 6.45) is -11.9. The molecule has 0 aliphatic rings. The SMILES string of the molecule is CC(C)CF.CC(C)F.FCF.FCF.O=S(=O)(O)CC(F)(F)OC(F)(COCF)C(F)(F)F. The van der Waals surface area contributed by atoms with Gasteiger partial charge in [0, 0.05) is 0 Å². The van der Waals surface area contributed by atoms with Crippen LogP contribution in [0.5, 0.6) is 0 Å². The Balaban J connectivity index is -0.000000151. The van der Waals surface area contributed by atoms with Gasteiger partial charge in [0.05, 0.1) is 12.8 Å². The summed E-state index contributed by atoms with van der Waals surface area (Å²) in [7, 11) is -5.44. The number of rotatable bonds is 8. The average molecular weight is 566 g/mol. The summed E-state index contributed by atoms with van der Waals surface area (Å²) in [5.41, 5.74) is 0. The van der Waals surface area contributed by atoms with E-state index in [4.69, 9.17) is 4.55 Å². The molecule has 0 aromatic rings. The van der Waals surface area contributed by atoms with Gasteiger partial charge in [-0.2, -0.15) is 34.8 Å². The minimum Gasteiger partial charge on any atom is -0.344 e. The third-order valence-corrected chi connectivity index (χ3v) is 2.46. The maximum atomic E-state index is 13.2. The van der Waals surface area contributed by atoms with Crippen molar-refractivity contribution in [2.75, 3.05) is 39.8 Å². The maximum absolute atomic E-state index is 13.2. The Kier molecular flexibility index (Phi) is 28.3. The summed E-state index contributed by atoms with van der Waals surface area (Å²) in [5, 5.41) is 0. The fourth-order valence-corrected chi connectivity index (χ4v) is 1.30. The second-order valence-corrected chi connectivity index (χ2v) is 7.37. The molecule has 5 nitrogen and oxygen atoms in total. The van der Waals surface area contributed by atoms with Crippen LogP contribution in [-0.4, -0.2) is 77.0 Å². The van der Waals surface area contributed by atoms with Gasteiger partial charge in [-0.05, 0) is 19.8 Å². The highest BCUT2D eigenvalue weighted by Gasteiger charge is 2.63. The lowest BCUT2D eigenvalue weighted by Crippen LogP contribution is -2.52. The van der Waals surface area contributed by atoms with Gasteiger partial charge in [0.1, 0.15) is 6.61 Å². The molecule has 0 bridgehead atoms. The molecule has 0 aliphatic carbocycles. The Morgan fingerprint density at radius 3 is 1.29 bits per heavy atom. The Bertz CT molecular complexity index is 529. The first-order valence-electron chi connectivity index (χ1n) is 8.42. The molecule has 0 aromatic carbocycles. The zero-order chi connectivity index (χ0) is 28.8. The smallest absolute Gasteiger partial charge is 0.344 e. The highest BCUT2D eigenvalue weighted by atomic mass is 32.2. The highest BCUT2D eigenvalue weighted by molar-refractivity contribution is 7.85. The molecular weight excluding hydrogens is 539 g/mol.